The summed E-state index contributed by atoms with van der Waals surface area (Å²) < 4.78 is 6.76. The van der Waals surface area contributed by atoms with E-state index in [1.165, 1.54) is 83.8 Å². The van der Waals surface area contributed by atoms with Gasteiger partial charge >= 0.3 is 30.2 Å². The van der Waals surface area contributed by atoms with Crippen LogP contribution in [0.1, 0.15) is 29.7 Å². The molecule has 5 aromatic carbocycles. The summed E-state index contributed by atoms with van der Waals surface area (Å²) in [5, 5.41) is 7.01. The van der Waals surface area contributed by atoms with Gasteiger partial charge < -0.3 is 19.3 Å². The standard InChI is InChI=1S/C33H34OSi2.2CH3.2ClH.Si.Zr/c1-21(34-36(4,5)6)28-20-29-23-14-8-7-13-22(23)19-30(29)32(33(28)35(2)3)31-26-17-11-9-15-24(26)25-16-10-12-18-27(25)31;;;;;;/h7-18,20-21H,19H2,1-6H3;2*1H3;2*1H;;/q3*-1;;;;. The van der Waals surface area contributed by atoms with E-state index in [-0.39, 0.29) is 45.8 Å². The molecule has 0 saturated heterocycles. The molecule has 1 nitrogen and oxygen atoms in total. The molecule has 1 aliphatic carbocycles. The average Bonchev–Trinajstić information content (AvgIpc) is 3.43. The zero-order valence-corrected chi connectivity index (χ0v) is 33.1. The summed E-state index contributed by atoms with van der Waals surface area (Å²) in [4.78, 5) is 0. The van der Waals surface area contributed by atoms with Crippen molar-refractivity contribution in [2.75, 3.05) is 0 Å². The molecule has 1 aliphatic rings. The van der Waals surface area contributed by atoms with Crippen LogP contribution in [0.15, 0.2) is 78.9 Å². The Bertz CT molecular complexity index is 1600. The zero-order chi connectivity index (χ0) is 27.2. The van der Waals surface area contributed by atoms with Crippen molar-refractivity contribution >= 4 is 75.5 Å². The molecule has 1 atom stereocenters. The molecule has 0 amide bonds. The molecule has 0 bridgehead atoms. The normalized spacial score (nSPS) is 12.0. The number of halogens is 2. The predicted octanol–water partition coefficient (Wildman–Crippen LogP) is 10.2. The molecule has 221 valence electrons. The second kappa shape index (κ2) is 15.7. The first-order valence-corrected chi connectivity index (χ1v) is 23.4. The van der Waals surface area contributed by atoms with Gasteiger partial charge in [0.2, 0.25) is 0 Å². The monoisotopic (exact) mass is 722 g/mol. The van der Waals surface area contributed by atoms with E-state index in [2.05, 4.69) is 125 Å². The van der Waals surface area contributed by atoms with Gasteiger partial charge in [0.25, 0.3) is 0 Å². The van der Waals surface area contributed by atoms with Gasteiger partial charge in [-0.05, 0) is 55.2 Å². The quantitative estimate of drug-likeness (QED) is 0.127. The van der Waals surface area contributed by atoms with E-state index in [0.717, 1.165) is 6.42 Å². The maximum atomic E-state index is 6.76. The van der Waals surface area contributed by atoms with Crippen molar-refractivity contribution in [3.63, 3.8) is 0 Å². The molecule has 0 heterocycles. The minimum absolute atomic E-state index is 0. The molecule has 3 radical (unpaired) electrons. The molecular formula is C35H42Cl2OSi3Zr-3. The fourth-order valence-electron chi connectivity index (χ4n) is 6.31. The third-order valence-corrected chi connectivity index (χ3v) is 10.1. The molecule has 0 spiro atoms. The van der Waals surface area contributed by atoms with E-state index in [4.69, 9.17) is 4.43 Å². The van der Waals surface area contributed by atoms with Gasteiger partial charge in [0.15, 0.2) is 8.32 Å². The molecule has 0 saturated carbocycles. The first-order chi connectivity index (χ1) is 18.2. The summed E-state index contributed by atoms with van der Waals surface area (Å²) in [6, 6.07) is 29.5. The van der Waals surface area contributed by atoms with Crippen molar-refractivity contribution in [1.29, 1.82) is 0 Å². The number of fused-ring (bicyclic) bond motifs is 6. The number of benzene rings is 4. The zero-order valence-electron chi connectivity index (χ0n) is 26.0. The van der Waals surface area contributed by atoms with Gasteiger partial charge in [0, 0.05) is 8.80 Å². The van der Waals surface area contributed by atoms with E-state index < -0.39 is 17.1 Å². The molecule has 0 aromatic heterocycles. The molecule has 0 aliphatic heterocycles. The van der Waals surface area contributed by atoms with Gasteiger partial charge in [0.1, 0.15) is 0 Å². The number of hydrogen-bond acceptors (Lipinski definition) is 1. The molecule has 5 aromatic rings. The van der Waals surface area contributed by atoms with Crippen LogP contribution >= 0.6 is 24.8 Å². The first kappa shape index (κ1) is 38.8. The van der Waals surface area contributed by atoms with Gasteiger partial charge in [-0.25, -0.2) is 0 Å². The molecule has 0 fully saturated rings. The third-order valence-electron chi connectivity index (χ3n) is 7.54. The summed E-state index contributed by atoms with van der Waals surface area (Å²) in [6.07, 6.45) is 1.08. The summed E-state index contributed by atoms with van der Waals surface area (Å²) in [5.41, 5.74) is 10.1. The summed E-state index contributed by atoms with van der Waals surface area (Å²) in [6.45, 7) is 17.1. The fraction of sp³-hybridized carbons (Fsp3) is 0.229. The SMILES string of the molecule is CC(O[Si](C)(C)C)c1cc2c(c(-[c-]3c4ccccc4c4ccccc43)c1[Si](C)C)Cc1ccccc1-2.Cl.Cl.[CH3-].[CH3-].[Si]=[Zr]. The summed E-state index contributed by atoms with van der Waals surface area (Å²) >= 11 is 1.36. The van der Waals surface area contributed by atoms with Crippen molar-refractivity contribution in [1.82, 2.24) is 0 Å². The summed E-state index contributed by atoms with van der Waals surface area (Å²) in [5.74, 6) is 0. The van der Waals surface area contributed by atoms with E-state index in [0.29, 0.717) is 0 Å². The van der Waals surface area contributed by atoms with Crippen LogP contribution in [-0.4, -0.2) is 24.0 Å². The summed E-state index contributed by atoms with van der Waals surface area (Å²) in [7, 11) is -2.52. The van der Waals surface area contributed by atoms with Crippen LogP contribution in [0, 0.1) is 14.9 Å². The minimum atomic E-state index is -1.72. The van der Waals surface area contributed by atoms with Gasteiger partial charge in [0.05, 0.1) is 6.10 Å². The van der Waals surface area contributed by atoms with Gasteiger partial charge in [-0.2, -0.15) is 0 Å². The molecule has 1 unspecified atom stereocenters. The second-order valence-electron chi connectivity index (χ2n) is 11.4. The Balaban J connectivity index is 0.00000144. The van der Waals surface area contributed by atoms with Crippen molar-refractivity contribution in [2.45, 2.75) is 52.2 Å². The van der Waals surface area contributed by atoms with Crippen LogP contribution < -0.4 is 5.19 Å². The topological polar surface area (TPSA) is 9.23 Å². The maximum absolute atomic E-state index is 6.76. The number of rotatable bonds is 5. The van der Waals surface area contributed by atoms with Crippen molar-refractivity contribution in [3.8, 4) is 22.3 Å². The third kappa shape index (κ3) is 7.04. The van der Waals surface area contributed by atoms with E-state index in [1.807, 2.05) is 0 Å². The Kier molecular flexibility index (Phi) is 14.5. The Labute approximate surface area is 286 Å². The van der Waals surface area contributed by atoms with Gasteiger partial charge in [-0.15, -0.1) is 24.8 Å². The molecule has 0 N–H and O–H groups in total. The van der Waals surface area contributed by atoms with Crippen LogP contribution in [0.3, 0.4) is 0 Å². The van der Waals surface area contributed by atoms with Crippen LogP contribution in [0.25, 0.3) is 43.8 Å². The Hall–Kier alpha value is -1.18. The van der Waals surface area contributed by atoms with Crippen molar-refractivity contribution in [3.05, 3.63) is 110 Å². The second-order valence-corrected chi connectivity index (χ2v) is 18.4. The fourth-order valence-corrected chi connectivity index (χ4v) is 9.13. The van der Waals surface area contributed by atoms with Crippen LogP contribution in [-0.2, 0) is 34.2 Å². The van der Waals surface area contributed by atoms with Crippen molar-refractivity contribution in [2.24, 2.45) is 0 Å². The Morgan fingerprint density at radius 2 is 1.31 bits per heavy atom. The predicted molar refractivity (Wildman–Crippen MR) is 194 cm³/mol. The Morgan fingerprint density at radius 3 is 1.83 bits per heavy atom. The van der Waals surface area contributed by atoms with E-state index >= 15 is 0 Å². The first-order valence-electron chi connectivity index (χ1n) is 13.3. The molecule has 7 heteroatoms. The van der Waals surface area contributed by atoms with Crippen LogP contribution in [0.5, 0.6) is 0 Å². The van der Waals surface area contributed by atoms with Gasteiger partial charge in [-0.1, -0.05) is 135 Å². The Morgan fingerprint density at radius 1 is 0.810 bits per heavy atom. The van der Waals surface area contributed by atoms with Gasteiger partial charge in [-0.3, -0.25) is 0 Å². The number of hydrogen-bond donors (Lipinski definition) is 0. The van der Waals surface area contributed by atoms with E-state index in [1.54, 1.807) is 5.19 Å². The van der Waals surface area contributed by atoms with E-state index in [9.17, 15) is 0 Å². The molecular weight excluding hydrogens is 683 g/mol. The van der Waals surface area contributed by atoms with Crippen LogP contribution in [0.4, 0.5) is 0 Å². The average molecular weight is 725 g/mol. The van der Waals surface area contributed by atoms with Crippen molar-refractivity contribution < 1.29 is 27.8 Å². The molecule has 6 rings (SSSR count). The molecule has 42 heavy (non-hydrogen) atoms. The van der Waals surface area contributed by atoms with Crippen LogP contribution in [0.2, 0.25) is 32.7 Å².